The predicted molar refractivity (Wildman–Crippen MR) is 92.1 cm³/mol. The van der Waals surface area contributed by atoms with E-state index in [9.17, 15) is 4.79 Å². The third-order valence-electron chi connectivity index (χ3n) is 4.23. The highest BCUT2D eigenvalue weighted by molar-refractivity contribution is 6.04. The highest BCUT2D eigenvalue weighted by Gasteiger charge is 2.10. The summed E-state index contributed by atoms with van der Waals surface area (Å²) in [6.07, 6.45) is 0. The predicted octanol–water partition coefficient (Wildman–Crippen LogP) is 4.36. The lowest BCUT2D eigenvalue weighted by molar-refractivity contribution is 0.907. The molecule has 22 heavy (non-hydrogen) atoms. The number of para-hydroxylation sites is 1. The Morgan fingerprint density at radius 1 is 0.727 bits per heavy atom. The third kappa shape index (κ3) is 1.85. The van der Waals surface area contributed by atoms with E-state index >= 15 is 0 Å². The van der Waals surface area contributed by atoms with Crippen LogP contribution in [0.1, 0.15) is 0 Å². The van der Waals surface area contributed by atoms with E-state index in [0.29, 0.717) is 0 Å². The van der Waals surface area contributed by atoms with Gasteiger partial charge >= 0.3 is 0 Å². The number of fused-ring (bicyclic) bond motifs is 2. The van der Waals surface area contributed by atoms with Crippen molar-refractivity contribution >= 4 is 21.7 Å². The summed E-state index contributed by atoms with van der Waals surface area (Å²) < 4.78 is 1.70. The normalized spacial score (nSPS) is 11.1. The SMILES string of the molecule is Cn1c(=O)cc(-c2cccc3ccccc23)c2ccccc21. The fourth-order valence-electron chi connectivity index (χ4n) is 3.09. The van der Waals surface area contributed by atoms with Crippen LogP contribution in [0.15, 0.2) is 77.6 Å². The fraction of sp³-hybridized carbons (Fsp3) is 0.0500. The molecule has 0 spiro atoms. The number of aromatic nitrogens is 1. The Hall–Kier alpha value is -2.87. The Balaban J connectivity index is 2.18. The van der Waals surface area contributed by atoms with Crippen molar-refractivity contribution in [2.75, 3.05) is 0 Å². The van der Waals surface area contributed by atoms with E-state index in [1.165, 1.54) is 10.8 Å². The lowest BCUT2D eigenvalue weighted by Gasteiger charge is -2.12. The summed E-state index contributed by atoms with van der Waals surface area (Å²) in [7, 11) is 1.82. The second kappa shape index (κ2) is 4.85. The summed E-state index contributed by atoms with van der Waals surface area (Å²) >= 11 is 0. The molecule has 0 aliphatic carbocycles. The minimum Gasteiger partial charge on any atom is -0.311 e. The van der Waals surface area contributed by atoms with Crippen molar-refractivity contribution in [2.24, 2.45) is 7.05 Å². The molecule has 0 bridgehead atoms. The van der Waals surface area contributed by atoms with E-state index in [4.69, 9.17) is 0 Å². The van der Waals surface area contributed by atoms with Crippen LogP contribution in [-0.2, 0) is 7.05 Å². The van der Waals surface area contributed by atoms with E-state index in [0.717, 1.165) is 22.0 Å². The number of nitrogens with zero attached hydrogens (tertiary/aromatic N) is 1. The molecule has 0 saturated heterocycles. The molecule has 0 atom stereocenters. The van der Waals surface area contributed by atoms with Crippen LogP contribution in [-0.4, -0.2) is 4.57 Å². The Bertz CT molecular complexity index is 1050. The van der Waals surface area contributed by atoms with E-state index < -0.39 is 0 Å². The second-order valence-corrected chi connectivity index (χ2v) is 5.50. The van der Waals surface area contributed by atoms with Gasteiger partial charge in [-0.3, -0.25) is 4.79 Å². The summed E-state index contributed by atoms with van der Waals surface area (Å²) in [5.41, 5.74) is 3.07. The van der Waals surface area contributed by atoms with Gasteiger partial charge in [0, 0.05) is 18.5 Å². The molecule has 2 nitrogen and oxygen atoms in total. The molecule has 0 fully saturated rings. The monoisotopic (exact) mass is 285 g/mol. The molecule has 0 aliphatic heterocycles. The maximum atomic E-state index is 12.3. The Morgan fingerprint density at radius 2 is 1.41 bits per heavy atom. The van der Waals surface area contributed by atoms with Crippen LogP contribution in [0.2, 0.25) is 0 Å². The fourth-order valence-corrected chi connectivity index (χ4v) is 3.09. The zero-order valence-electron chi connectivity index (χ0n) is 12.3. The van der Waals surface area contributed by atoms with Gasteiger partial charge in [-0.05, 0) is 28.0 Å². The molecular weight excluding hydrogens is 270 g/mol. The van der Waals surface area contributed by atoms with Crippen molar-refractivity contribution in [3.05, 3.63) is 83.2 Å². The summed E-state index contributed by atoms with van der Waals surface area (Å²) in [4.78, 5) is 12.3. The molecule has 1 heterocycles. The van der Waals surface area contributed by atoms with Gasteiger partial charge in [-0.2, -0.15) is 0 Å². The van der Waals surface area contributed by atoms with Crippen LogP contribution in [0.5, 0.6) is 0 Å². The third-order valence-corrected chi connectivity index (χ3v) is 4.23. The van der Waals surface area contributed by atoms with Crippen molar-refractivity contribution in [1.29, 1.82) is 0 Å². The Labute approximate surface area is 128 Å². The topological polar surface area (TPSA) is 22.0 Å². The molecule has 2 heteroatoms. The lowest BCUT2D eigenvalue weighted by atomic mass is 9.96. The van der Waals surface area contributed by atoms with E-state index in [2.05, 4.69) is 30.3 Å². The Kier molecular flexibility index (Phi) is 2.83. The van der Waals surface area contributed by atoms with Crippen LogP contribution in [0.4, 0.5) is 0 Å². The highest BCUT2D eigenvalue weighted by Crippen LogP contribution is 2.32. The summed E-state index contributed by atoms with van der Waals surface area (Å²) in [5.74, 6) is 0. The maximum absolute atomic E-state index is 12.3. The van der Waals surface area contributed by atoms with Crippen molar-refractivity contribution < 1.29 is 0 Å². The molecule has 0 saturated carbocycles. The van der Waals surface area contributed by atoms with Gasteiger partial charge in [0.15, 0.2) is 0 Å². The van der Waals surface area contributed by atoms with Crippen LogP contribution < -0.4 is 5.56 Å². The maximum Gasteiger partial charge on any atom is 0.251 e. The van der Waals surface area contributed by atoms with E-state index in [1.807, 2.05) is 43.4 Å². The van der Waals surface area contributed by atoms with Gasteiger partial charge in [-0.15, -0.1) is 0 Å². The zero-order valence-corrected chi connectivity index (χ0v) is 12.3. The van der Waals surface area contributed by atoms with Crippen LogP contribution in [0.25, 0.3) is 32.8 Å². The molecule has 4 rings (SSSR count). The van der Waals surface area contributed by atoms with Crippen LogP contribution in [0, 0.1) is 0 Å². The van der Waals surface area contributed by atoms with Gasteiger partial charge in [0.25, 0.3) is 5.56 Å². The molecule has 0 N–H and O–H groups in total. The van der Waals surface area contributed by atoms with Crippen molar-refractivity contribution in [3.8, 4) is 11.1 Å². The van der Waals surface area contributed by atoms with Gasteiger partial charge in [-0.25, -0.2) is 0 Å². The summed E-state index contributed by atoms with van der Waals surface area (Å²) in [6.45, 7) is 0. The molecule has 3 aromatic carbocycles. The molecule has 0 amide bonds. The number of hydrogen-bond acceptors (Lipinski definition) is 1. The largest absolute Gasteiger partial charge is 0.311 e. The molecule has 0 unspecified atom stereocenters. The number of aryl methyl sites for hydroxylation is 1. The molecular formula is C20H15NO. The first-order valence-corrected chi connectivity index (χ1v) is 7.32. The zero-order chi connectivity index (χ0) is 15.1. The smallest absolute Gasteiger partial charge is 0.251 e. The quantitative estimate of drug-likeness (QED) is 0.509. The first-order valence-electron chi connectivity index (χ1n) is 7.32. The minimum absolute atomic E-state index is 0.0154. The number of hydrogen-bond donors (Lipinski definition) is 0. The van der Waals surface area contributed by atoms with Crippen molar-refractivity contribution in [3.63, 3.8) is 0 Å². The van der Waals surface area contributed by atoms with E-state index in [1.54, 1.807) is 10.6 Å². The van der Waals surface area contributed by atoms with Gasteiger partial charge in [0.2, 0.25) is 0 Å². The molecule has 4 aromatic rings. The van der Waals surface area contributed by atoms with Crippen LogP contribution >= 0.6 is 0 Å². The second-order valence-electron chi connectivity index (χ2n) is 5.50. The first-order chi connectivity index (χ1) is 10.8. The minimum atomic E-state index is 0.0154. The van der Waals surface area contributed by atoms with Gasteiger partial charge in [0.1, 0.15) is 0 Å². The van der Waals surface area contributed by atoms with Crippen molar-refractivity contribution in [2.45, 2.75) is 0 Å². The molecule has 106 valence electrons. The van der Waals surface area contributed by atoms with E-state index in [-0.39, 0.29) is 5.56 Å². The average molecular weight is 285 g/mol. The molecule has 0 aliphatic rings. The van der Waals surface area contributed by atoms with Gasteiger partial charge in [0.05, 0.1) is 5.52 Å². The number of rotatable bonds is 1. The summed E-state index contributed by atoms with van der Waals surface area (Å²) in [5, 5.41) is 3.45. The van der Waals surface area contributed by atoms with Crippen molar-refractivity contribution in [1.82, 2.24) is 4.57 Å². The average Bonchev–Trinajstić information content (AvgIpc) is 2.58. The standard InChI is InChI=1S/C20H15NO/c1-21-19-12-5-4-10-17(19)18(13-20(21)22)16-11-6-8-14-7-2-3-9-15(14)16/h2-13H,1H3. The lowest BCUT2D eigenvalue weighted by Crippen LogP contribution is -2.16. The number of pyridine rings is 1. The summed E-state index contributed by atoms with van der Waals surface area (Å²) in [6, 6.07) is 24.3. The van der Waals surface area contributed by atoms with Gasteiger partial charge < -0.3 is 4.57 Å². The molecule has 1 aromatic heterocycles. The Morgan fingerprint density at radius 3 is 2.27 bits per heavy atom. The van der Waals surface area contributed by atoms with Crippen LogP contribution in [0.3, 0.4) is 0 Å². The van der Waals surface area contributed by atoms with Gasteiger partial charge in [-0.1, -0.05) is 60.7 Å². The molecule has 0 radical (unpaired) electrons. The first kappa shape index (κ1) is 12.8. The highest BCUT2D eigenvalue weighted by atomic mass is 16.1. The number of benzene rings is 3.